The smallest absolute Gasteiger partial charge is 0.311 e. The fraction of sp³-hybridized carbons (Fsp3) is 0.455. The summed E-state index contributed by atoms with van der Waals surface area (Å²) in [6.45, 7) is 3.18. The molecule has 1 N–H and O–H groups in total. The van der Waals surface area contributed by atoms with Gasteiger partial charge < -0.3 is 10.1 Å². The maximum Gasteiger partial charge on any atom is 0.311 e. The standard InChI is InChI=1S/C11H15ClN2O3/c1-8(6-13-2)7-17-11-5-9(12)3-4-10(11)14(15)16/h3-5,8,13H,6-7H2,1-2H3. The number of nitro groups is 1. The number of nitrogens with one attached hydrogen (secondary N) is 1. The predicted molar refractivity (Wildman–Crippen MR) is 66.7 cm³/mol. The van der Waals surface area contributed by atoms with E-state index in [4.69, 9.17) is 16.3 Å². The third-order valence-electron chi connectivity index (χ3n) is 2.19. The first-order chi connectivity index (χ1) is 8.04. The average Bonchev–Trinajstić information content (AvgIpc) is 2.26. The minimum atomic E-state index is -0.478. The summed E-state index contributed by atoms with van der Waals surface area (Å²) in [5.41, 5.74) is -0.0638. The molecule has 0 saturated carbocycles. The molecule has 5 nitrogen and oxygen atoms in total. The lowest BCUT2D eigenvalue weighted by molar-refractivity contribution is -0.385. The molecule has 0 radical (unpaired) electrons. The van der Waals surface area contributed by atoms with Gasteiger partial charge >= 0.3 is 5.69 Å². The Kier molecular flexibility index (Phi) is 5.18. The Morgan fingerprint density at radius 1 is 1.59 bits per heavy atom. The van der Waals surface area contributed by atoms with Crippen LogP contribution >= 0.6 is 11.6 Å². The Bertz CT molecular complexity index is 398. The van der Waals surface area contributed by atoms with E-state index in [-0.39, 0.29) is 17.4 Å². The van der Waals surface area contributed by atoms with E-state index < -0.39 is 4.92 Å². The van der Waals surface area contributed by atoms with E-state index >= 15 is 0 Å². The SMILES string of the molecule is CNCC(C)COc1cc(Cl)ccc1[N+](=O)[O-]. The number of rotatable bonds is 6. The van der Waals surface area contributed by atoms with E-state index in [2.05, 4.69) is 5.32 Å². The number of nitrogens with zero attached hydrogens (tertiary/aromatic N) is 1. The lowest BCUT2D eigenvalue weighted by Crippen LogP contribution is -2.21. The molecule has 0 aliphatic heterocycles. The molecule has 0 aromatic heterocycles. The summed E-state index contributed by atoms with van der Waals surface area (Å²) in [6, 6.07) is 4.29. The number of ether oxygens (including phenoxy) is 1. The van der Waals surface area contributed by atoms with Gasteiger partial charge in [-0.1, -0.05) is 18.5 Å². The van der Waals surface area contributed by atoms with Gasteiger partial charge in [-0.15, -0.1) is 0 Å². The first kappa shape index (κ1) is 13.7. The Morgan fingerprint density at radius 3 is 2.88 bits per heavy atom. The molecule has 1 aromatic carbocycles. The minimum Gasteiger partial charge on any atom is -0.486 e. The summed E-state index contributed by atoms with van der Waals surface area (Å²) in [4.78, 5) is 10.3. The summed E-state index contributed by atoms with van der Waals surface area (Å²) in [5.74, 6) is 0.476. The highest BCUT2D eigenvalue weighted by atomic mass is 35.5. The molecule has 0 spiro atoms. The second kappa shape index (κ2) is 6.42. The molecular weight excluding hydrogens is 244 g/mol. The van der Waals surface area contributed by atoms with Crippen molar-refractivity contribution >= 4 is 17.3 Å². The van der Waals surface area contributed by atoms with Crippen LogP contribution in [0.25, 0.3) is 0 Å². The van der Waals surface area contributed by atoms with Gasteiger partial charge in [0, 0.05) is 29.6 Å². The van der Waals surface area contributed by atoms with Gasteiger partial charge in [-0.05, 0) is 13.1 Å². The molecule has 1 atom stereocenters. The monoisotopic (exact) mass is 258 g/mol. The molecule has 1 rings (SSSR count). The first-order valence-corrected chi connectivity index (χ1v) is 5.63. The number of benzene rings is 1. The highest BCUT2D eigenvalue weighted by Crippen LogP contribution is 2.30. The highest BCUT2D eigenvalue weighted by molar-refractivity contribution is 6.30. The summed E-state index contributed by atoms with van der Waals surface area (Å²) < 4.78 is 5.43. The molecule has 17 heavy (non-hydrogen) atoms. The number of hydrogen-bond acceptors (Lipinski definition) is 4. The zero-order chi connectivity index (χ0) is 12.8. The van der Waals surface area contributed by atoms with Crippen molar-refractivity contribution in [1.82, 2.24) is 5.32 Å². The molecule has 0 bridgehead atoms. The van der Waals surface area contributed by atoms with Gasteiger partial charge in [-0.2, -0.15) is 0 Å². The molecule has 0 saturated heterocycles. The van der Waals surface area contributed by atoms with E-state index in [1.54, 1.807) is 0 Å². The van der Waals surface area contributed by atoms with E-state index in [0.29, 0.717) is 11.6 Å². The van der Waals surface area contributed by atoms with Crippen LogP contribution in [0, 0.1) is 16.0 Å². The third kappa shape index (κ3) is 4.20. The van der Waals surface area contributed by atoms with Gasteiger partial charge in [0.1, 0.15) is 0 Å². The van der Waals surface area contributed by atoms with Crippen LogP contribution in [0.3, 0.4) is 0 Å². The van der Waals surface area contributed by atoms with Gasteiger partial charge in [0.05, 0.1) is 11.5 Å². The highest BCUT2D eigenvalue weighted by Gasteiger charge is 2.16. The first-order valence-electron chi connectivity index (χ1n) is 5.26. The zero-order valence-corrected chi connectivity index (χ0v) is 10.5. The van der Waals surface area contributed by atoms with Gasteiger partial charge in [0.25, 0.3) is 0 Å². The van der Waals surface area contributed by atoms with Gasteiger partial charge in [0.2, 0.25) is 0 Å². The average molecular weight is 259 g/mol. The van der Waals surface area contributed by atoms with E-state index in [0.717, 1.165) is 6.54 Å². The fourth-order valence-corrected chi connectivity index (χ4v) is 1.56. The molecule has 0 aliphatic rings. The molecule has 0 aliphatic carbocycles. The van der Waals surface area contributed by atoms with Crippen LogP contribution < -0.4 is 10.1 Å². The maximum atomic E-state index is 10.8. The molecule has 0 amide bonds. The quantitative estimate of drug-likeness (QED) is 0.629. The van der Waals surface area contributed by atoms with Crippen molar-refractivity contribution in [3.8, 4) is 5.75 Å². The fourth-order valence-electron chi connectivity index (χ4n) is 1.39. The van der Waals surface area contributed by atoms with Crippen molar-refractivity contribution in [3.05, 3.63) is 33.3 Å². The van der Waals surface area contributed by atoms with Crippen LogP contribution in [0.2, 0.25) is 5.02 Å². The topological polar surface area (TPSA) is 64.4 Å². The van der Waals surface area contributed by atoms with Crippen LogP contribution in [0.1, 0.15) is 6.92 Å². The Morgan fingerprint density at radius 2 is 2.29 bits per heavy atom. The van der Waals surface area contributed by atoms with Crippen molar-refractivity contribution in [2.24, 2.45) is 5.92 Å². The van der Waals surface area contributed by atoms with Gasteiger partial charge in [-0.25, -0.2) is 0 Å². The van der Waals surface area contributed by atoms with E-state index in [9.17, 15) is 10.1 Å². The van der Waals surface area contributed by atoms with E-state index in [1.807, 2.05) is 14.0 Å². The van der Waals surface area contributed by atoms with Crippen LogP contribution in [-0.4, -0.2) is 25.1 Å². The largest absolute Gasteiger partial charge is 0.486 e. The number of hydrogen-bond donors (Lipinski definition) is 1. The lowest BCUT2D eigenvalue weighted by Gasteiger charge is -2.12. The normalized spacial score (nSPS) is 12.2. The molecular formula is C11H15ClN2O3. The van der Waals surface area contributed by atoms with E-state index in [1.165, 1.54) is 18.2 Å². The van der Waals surface area contributed by atoms with Crippen LogP contribution in [-0.2, 0) is 0 Å². The molecule has 94 valence electrons. The maximum absolute atomic E-state index is 10.8. The van der Waals surface area contributed by atoms with Crippen LogP contribution in [0.4, 0.5) is 5.69 Å². The van der Waals surface area contributed by atoms with Gasteiger partial charge in [-0.3, -0.25) is 10.1 Å². The molecule has 0 fully saturated rings. The molecule has 1 aromatic rings. The Balaban J connectivity index is 2.75. The Hall–Kier alpha value is -1.33. The lowest BCUT2D eigenvalue weighted by atomic mass is 10.2. The minimum absolute atomic E-state index is 0.0638. The van der Waals surface area contributed by atoms with Crippen molar-refractivity contribution < 1.29 is 9.66 Å². The van der Waals surface area contributed by atoms with Crippen LogP contribution in [0.5, 0.6) is 5.75 Å². The summed E-state index contributed by atoms with van der Waals surface area (Å²) in [5, 5.41) is 14.2. The molecule has 6 heteroatoms. The number of halogens is 1. The second-order valence-electron chi connectivity index (χ2n) is 3.84. The van der Waals surface area contributed by atoms with Crippen molar-refractivity contribution in [2.45, 2.75) is 6.92 Å². The Labute approximate surface area is 105 Å². The van der Waals surface area contributed by atoms with Crippen molar-refractivity contribution in [1.29, 1.82) is 0 Å². The third-order valence-corrected chi connectivity index (χ3v) is 2.43. The predicted octanol–water partition coefficient (Wildman–Crippen LogP) is 2.48. The molecule has 0 heterocycles. The summed E-state index contributed by atoms with van der Waals surface area (Å²) >= 11 is 5.78. The number of nitro benzene ring substituents is 1. The van der Waals surface area contributed by atoms with Crippen molar-refractivity contribution in [2.75, 3.05) is 20.2 Å². The second-order valence-corrected chi connectivity index (χ2v) is 4.28. The van der Waals surface area contributed by atoms with Crippen LogP contribution in [0.15, 0.2) is 18.2 Å². The summed E-state index contributed by atoms with van der Waals surface area (Å²) in [7, 11) is 1.85. The van der Waals surface area contributed by atoms with Gasteiger partial charge in [0.15, 0.2) is 5.75 Å². The summed E-state index contributed by atoms with van der Waals surface area (Å²) in [6.07, 6.45) is 0. The molecule has 1 unspecified atom stereocenters. The van der Waals surface area contributed by atoms with Crippen molar-refractivity contribution in [3.63, 3.8) is 0 Å². The zero-order valence-electron chi connectivity index (χ0n) is 9.77.